The van der Waals surface area contributed by atoms with Crippen molar-refractivity contribution in [3.05, 3.63) is 59.8 Å². The summed E-state index contributed by atoms with van der Waals surface area (Å²) in [6.07, 6.45) is -2.31. The van der Waals surface area contributed by atoms with Gasteiger partial charge in [-0.05, 0) is 60.2 Å². The van der Waals surface area contributed by atoms with Crippen LogP contribution in [0.25, 0.3) is 10.9 Å². The Bertz CT molecular complexity index is 1440. The lowest BCUT2D eigenvalue weighted by Gasteiger charge is -2.27. The summed E-state index contributed by atoms with van der Waals surface area (Å²) in [4.78, 5) is 40.4. The molecule has 2 amide bonds. The van der Waals surface area contributed by atoms with Crippen LogP contribution in [0.15, 0.2) is 48.7 Å². The van der Waals surface area contributed by atoms with E-state index in [0.29, 0.717) is 34.2 Å². The van der Waals surface area contributed by atoms with E-state index in [9.17, 15) is 27.6 Å². The second-order valence-corrected chi connectivity index (χ2v) is 9.74. The average molecular weight is 546 g/mol. The number of primary amides is 1. The Morgan fingerprint density at radius 3 is 2.56 bits per heavy atom. The maximum absolute atomic E-state index is 13.5. The monoisotopic (exact) mass is 545 g/mol. The zero-order chi connectivity index (χ0) is 27.9. The van der Waals surface area contributed by atoms with Crippen molar-refractivity contribution >= 4 is 28.6 Å². The highest BCUT2D eigenvalue weighted by Gasteiger charge is 2.55. The third-order valence-corrected chi connectivity index (χ3v) is 7.07. The topological polar surface area (TPSA) is 124 Å². The van der Waals surface area contributed by atoms with Crippen LogP contribution < -0.4 is 15.2 Å². The number of ketones is 1. The first-order valence-corrected chi connectivity index (χ1v) is 12.4. The van der Waals surface area contributed by atoms with Crippen molar-refractivity contribution in [3.8, 4) is 11.5 Å². The molecule has 2 heterocycles. The van der Waals surface area contributed by atoms with Crippen molar-refractivity contribution in [1.82, 2.24) is 9.47 Å². The molecular formula is C27H26F3N3O6. The zero-order valence-electron chi connectivity index (χ0n) is 20.7. The average Bonchev–Trinajstić information content (AvgIpc) is 3.37. The predicted octanol–water partition coefficient (Wildman–Crippen LogP) is 3.18. The largest absolute Gasteiger partial charge is 0.573 e. The highest BCUT2D eigenvalue weighted by molar-refractivity contribution is 5.97. The fourth-order valence-electron chi connectivity index (χ4n) is 5.38. The Hall–Kier alpha value is -4.06. The number of carbonyl (C=O) groups is 3. The number of rotatable bonds is 9. The standard InChI is InChI=1S/C27H26F3N3O6/c28-27(29,30)39-19-3-1-2-15(8-19)9-24(35)23-11-16-10-22(16)33(23)25(36)12-17-14-32(26(31)37)21-5-4-18(13-20(17)21)38-7-6-34/h1-5,8,13-14,16,22-23,34H,6-7,9-12H2,(H2,31,37)/t16-,22-,23+/m1/s1. The van der Waals surface area contributed by atoms with E-state index < -0.39 is 24.2 Å². The SMILES string of the molecule is NC(=O)n1cc(CC(=O)N2[C@@H]3C[C@@H]3C[C@H]2C(=O)Cc2cccc(OC(F)(F)F)c2)c2cc(OCCO)ccc21. The van der Waals surface area contributed by atoms with Crippen molar-refractivity contribution in [2.45, 2.75) is 44.1 Å². The Kier molecular flexibility index (Phi) is 6.98. The molecular weight excluding hydrogens is 519 g/mol. The molecule has 12 heteroatoms. The molecule has 2 fully saturated rings. The minimum Gasteiger partial charge on any atom is -0.491 e. The quantitative estimate of drug-likeness (QED) is 0.426. The summed E-state index contributed by atoms with van der Waals surface area (Å²) in [7, 11) is 0. The van der Waals surface area contributed by atoms with Crippen molar-refractivity contribution in [2.75, 3.05) is 13.2 Å². The van der Waals surface area contributed by atoms with Gasteiger partial charge in [0.2, 0.25) is 5.91 Å². The number of carbonyl (C=O) groups excluding carboxylic acids is 3. The van der Waals surface area contributed by atoms with Crippen LogP contribution in [0.3, 0.4) is 0 Å². The fourth-order valence-corrected chi connectivity index (χ4v) is 5.38. The molecule has 1 aliphatic heterocycles. The van der Waals surface area contributed by atoms with Gasteiger partial charge < -0.3 is 25.2 Å². The first-order chi connectivity index (χ1) is 18.5. The summed E-state index contributed by atoms with van der Waals surface area (Å²) in [5, 5.41) is 9.62. The van der Waals surface area contributed by atoms with Gasteiger partial charge in [0.25, 0.3) is 0 Å². The second kappa shape index (κ2) is 10.3. The summed E-state index contributed by atoms with van der Waals surface area (Å²) in [5.41, 5.74) is 6.89. The molecule has 3 N–H and O–H groups in total. The van der Waals surface area contributed by atoms with E-state index in [2.05, 4.69) is 4.74 Å². The zero-order valence-corrected chi connectivity index (χ0v) is 20.7. The molecule has 0 unspecified atom stereocenters. The Balaban J connectivity index is 1.35. The minimum atomic E-state index is -4.85. The lowest BCUT2D eigenvalue weighted by atomic mass is 9.99. The van der Waals surface area contributed by atoms with E-state index >= 15 is 0 Å². The Morgan fingerprint density at radius 1 is 1.05 bits per heavy atom. The number of aliphatic hydroxyl groups is 1. The number of fused-ring (bicyclic) bond motifs is 2. The number of amides is 2. The van der Waals surface area contributed by atoms with Crippen LogP contribution in [0.1, 0.15) is 24.0 Å². The number of halogens is 3. The highest BCUT2D eigenvalue weighted by atomic mass is 19.4. The smallest absolute Gasteiger partial charge is 0.491 e. The van der Waals surface area contributed by atoms with E-state index in [0.717, 1.165) is 12.5 Å². The van der Waals surface area contributed by atoms with Crippen molar-refractivity contribution in [1.29, 1.82) is 0 Å². The minimum absolute atomic E-state index is 0.0701. The molecule has 2 aliphatic rings. The van der Waals surface area contributed by atoms with Gasteiger partial charge in [-0.2, -0.15) is 0 Å². The fraction of sp³-hybridized carbons (Fsp3) is 0.370. The third kappa shape index (κ3) is 5.70. The first-order valence-electron chi connectivity index (χ1n) is 12.4. The maximum atomic E-state index is 13.5. The van der Waals surface area contributed by atoms with Crippen molar-refractivity contribution in [2.24, 2.45) is 11.7 Å². The number of hydrogen-bond acceptors (Lipinski definition) is 6. The van der Waals surface area contributed by atoms with Crippen LogP contribution in [0.5, 0.6) is 11.5 Å². The van der Waals surface area contributed by atoms with Gasteiger partial charge in [-0.1, -0.05) is 12.1 Å². The van der Waals surface area contributed by atoms with Crippen molar-refractivity contribution in [3.63, 3.8) is 0 Å². The normalized spacial score (nSPS) is 20.1. The summed E-state index contributed by atoms with van der Waals surface area (Å²) in [6, 6.07) is 8.68. The summed E-state index contributed by atoms with van der Waals surface area (Å²) in [5.74, 6) is -0.325. The van der Waals surface area contributed by atoms with E-state index in [4.69, 9.17) is 15.6 Å². The Morgan fingerprint density at radius 2 is 1.85 bits per heavy atom. The van der Waals surface area contributed by atoms with E-state index in [1.165, 1.54) is 29.0 Å². The number of aliphatic hydroxyl groups excluding tert-OH is 1. The van der Waals surface area contributed by atoms with Crippen LogP contribution in [-0.4, -0.2) is 64.0 Å². The number of hydrogen-bond donors (Lipinski definition) is 2. The number of Topliss-reactive ketones (excluding diaryl/α,β-unsaturated/α-hetero) is 1. The molecule has 0 bridgehead atoms. The molecule has 2 aromatic carbocycles. The predicted molar refractivity (Wildman–Crippen MR) is 132 cm³/mol. The number of piperidine rings is 1. The van der Waals surface area contributed by atoms with Gasteiger partial charge in [-0.25, -0.2) is 4.79 Å². The molecule has 9 nitrogen and oxygen atoms in total. The van der Waals surface area contributed by atoms with Gasteiger partial charge in [-0.15, -0.1) is 13.2 Å². The first kappa shape index (κ1) is 26.5. The van der Waals surface area contributed by atoms with E-state index in [1.807, 2.05) is 0 Å². The number of aromatic nitrogens is 1. The molecule has 1 saturated heterocycles. The molecule has 3 atom stereocenters. The number of nitrogens with two attached hydrogens (primary N) is 1. The second-order valence-electron chi connectivity index (χ2n) is 9.74. The molecule has 5 rings (SSSR count). The van der Waals surface area contributed by atoms with Crippen LogP contribution in [-0.2, 0) is 22.4 Å². The van der Waals surface area contributed by atoms with E-state index in [1.54, 1.807) is 23.1 Å². The van der Waals surface area contributed by atoms with Gasteiger partial charge in [0.05, 0.1) is 24.6 Å². The summed E-state index contributed by atoms with van der Waals surface area (Å²) in [6.45, 7) is -0.111. The number of nitrogens with zero attached hydrogens (tertiary/aromatic N) is 2. The van der Waals surface area contributed by atoms with E-state index in [-0.39, 0.29) is 49.7 Å². The lowest BCUT2D eigenvalue weighted by Crippen LogP contribution is -2.44. The van der Waals surface area contributed by atoms with Gasteiger partial charge >= 0.3 is 12.4 Å². The van der Waals surface area contributed by atoms with Gasteiger partial charge in [0, 0.05) is 24.0 Å². The lowest BCUT2D eigenvalue weighted by molar-refractivity contribution is -0.274. The molecule has 1 saturated carbocycles. The molecule has 0 spiro atoms. The van der Waals surface area contributed by atoms with Crippen LogP contribution in [0.2, 0.25) is 0 Å². The third-order valence-electron chi connectivity index (χ3n) is 7.07. The van der Waals surface area contributed by atoms with Crippen LogP contribution in [0.4, 0.5) is 18.0 Å². The number of alkyl halides is 3. The van der Waals surface area contributed by atoms with Crippen LogP contribution >= 0.6 is 0 Å². The number of likely N-dealkylation sites (tertiary alicyclic amines) is 1. The van der Waals surface area contributed by atoms with Gasteiger partial charge in [-0.3, -0.25) is 14.2 Å². The molecule has 1 aromatic heterocycles. The molecule has 39 heavy (non-hydrogen) atoms. The van der Waals surface area contributed by atoms with Crippen molar-refractivity contribution < 1.29 is 42.1 Å². The summed E-state index contributed by atoms with van der Waals surface area (Å²) < 4.78 is 48.4. The molecule has 1 aliphatic carbocycles. The highest BCUT2D eigenvalue weighted by Crippen LogP contribution is 2.48. The van der Waals surface area contributed by atoms with Crippen LogP contribution in [0, 0.1) is 5.92 Å². The molecule has 206 valence electrons. The molecule has 3 aromatic rings. The number of benzene rings is 2. The summed E-state index contributed by atoms with van der Waals surface area (Å²) >= 11 is 0. The molecule has 0 radical (unpaired) electrons. The van der Waals surface area contributed by atoms with Gasteiger partial charge in [0.15, 0.2) is 5.78 Å². The Labute approximate surface area is 220 Å². The maximum Gasteiger partial charge on any atom is 0.573 e. The number of ether oxygens (including phenoxy) is 2. The van der Waals surface area contributed by atoms with Gasteiger partial charge in [0.1, 0.15) is 18.1 Å².